The van der Waals surface area contributed by atoms with Crippen LogP contribution < -0.4 is 10.7 Å². The smallest absolute Gasteiger partial charge is 0.345 e. The van der Waals surface area contributed by atoms with Gasteiger partial charge in [-0.15, -0.1) is 10.2 Å². The molecule has 0 amide bonds. The van der Waals surface area contributed by atoms with Gasteiger partial charge in [-0.05, 0) is 42.6 Å². The molecule has 6 aromatic rings. The van der Waals surface area contributed by atoms with Gasteiger partial charge in [-0.25, -0.2) is 4.68 Å². The molecule has 6 rings (SSSR count). The van der Waals surface area contributed by atoms with E-state index in [0.29, 0.717) is 16.8 Å². The van der Waals surface area contributed by atoms with E-state index in [1.807, 2.05) is 36.4 Å². The Bertz CT molecular complexity index is 2290. The first-order valence-corrected chi connectivity index (χ1v) is 13.9. The van der Waals surface area contributed by atoms with Crippen molar-refractivity contribution < 1.29 is 47.1 Å². The molecule has 1 aromatic heterocycles. The molecule has 0 saturated carbocycles. The number of hydrogen-bond donors (Lipinski definition) is 5. The first kappa shape index (κ1) is 35.1. The Morgan fingerprint density at radius 2 is 1.33 bits per heavy atom. The molecular weight excluding hydrogens is 683 g/mol. The molecule has 249 valence electrons. The molecule has 0 bridgehead atoms. The van der Waals surface area contributed by atoms with Crippen molar-refractivity contribution in [2.75, 3.05) is 0 Å². The summed E-state index contributed by atoms with van der Waals surface area (Å²) in [4.78, 5) is 32.6. The normalized spacial score (nSPS) is 10.9. The number of aryl methyl sites for hydroxylation is 1. The van der Waals surface area contributed by atoms with Gasteiger partial charge in [-0.3, -0.25) is 30.1 Å². The number of phenols is 3. The monoisotopic (exact) mass is 708 g/mol. The van der Waals surface area contributed by atoms with Crippen LogP contribution in [0.15, 0.2) is 123 Å². The van der Waals surface area contributed by atoms with E-state index in [0.717, 1.165) is 17.5 Å². The first-order valence-electron chi connectivity index (χ1n) is 13.9. The van der Waals surface area contributed by atoms with Crippen molar-refractivity contribution in [3.63, 3.8) is 0 Å². The standard InChI is InChI=1S/C16H13N5O4.C16H11N3O4.Co/c1-10-15(16(23)20(19-10)11-5-3-2-4-6-11)18-17-13-8-7-12(21(24)25)9-14(13)22;20-14-8-5-10-3-1-2-4-12(10)16(14)18-17-13-7-6-11(19(22)23)9-15(13)21;/h2-9,19,22H,1H3;1-9,20-21H;/p+1. The summed E-state index contributed by atoms with van der Waals surface area (Å²) in [5.74, 6) is -0.769. The molecule has 0 aliphatic heterocycles. The van der Waals surface area contributed by atoms with Gasteiger partial charge in [0.1, 0.15) is 28.6 Å². The number of azo groups is 2. The second-order valence-corrected chi connectivity index (χ2v) is 10.0. The van der Waals surface area contributed by atoms with Crippen LogP contribution in [-0.4, -0.2) is 34.9 Å². The van der Waals surface area contributed by atoms with Crippen molar-refractivity contribution in [2.24, 2.45) is 15.3 Å². The fourth-order valence-electron chi connectivity index (χ4n) is 4.44. The number of para-hydroxylation sites is 1. The number of non-ortho nitro benzene ring substituents is 2. The number of hydrogen-bond acceptors (Lipinski definition) is 11. The van der Waals surface area contributed by atoms with E-state index < -0.39 is 9.85 Å². The average Bonchev–Trinajstić information content (AvgIpc) is 3.37. The molecule has 49 heavy (non-hydrogen) atoms. The zero-order valence-corrected chi connectivity index (χ0v) is 26.3. The Morgan fingerprint density at radius 3 is 1.94 bits per heavy atom. The Hall–Kier alpha value is -6.72. The zero-order chi connectivity index (χ0) is 34.4. The number of benzene rings is 5. The topological polar surface area (TPSA) is 236 Å². The van der Waals surface area contributed by atoms with Crippen molar-refractivity contribution in [3.8, 4) is 22.9 Å². The van der Waals surface area contributed by atoms with Crippen molar-refractivity contribution >= 4 is 44.9 Å². The minimum absolute atomic E-state index is 0. The van der Waals surface area contributed by atoms with Crippen LogP contribution in [0.4, 0.5) is 34.1 Å². The number of aromatic amines is 1. The molecule has 0 unspecified atom stereocenters. The number of nitro groups is 2. The van der Waals surface area contributed by atoms with Crippen LogP contribution in [0.3, 0.4) is 0 Å². The summed E-state index contributed by atoms with van der Waals surface area (Å²) in [5.41, 5.74) is 1.02. The van der Waals surface area contributed by atoms with Crippen LogP contribution in [0.1, 0.15) is 5.69 Å². The van der Waals surface area contributed by atoms with E-state index in [4.69, 9.17) is 0 Å². The maximum atomic E-state index is 12.5. The van der Waals surface area contributed by atoms with Gasteiger partial charge in [0.2, 0.25) is 0 Å². The second-order valence-electron chi connectivity index (χ2n) is 10.0. The van der Waals surface area contributed by atoms with Crippen LogP contribution in [-0.2, 0) is 16.8 Å². The predicted molar refractivity (Wildman–Crippen MR) is 173 cm³/mol. The van der Waals surface area contributed by atoms with E-state index in [1.165, 1.54) is 35.0 Å². The van der Waals surface area contributed by atoms with Crippen LogP contribution in [0, 0.1) is 27.2 Å². The van der Waals surface area contributed by atoms with Gasteiger partial charge >= 0.3 is 11.2 Å². The number of rotatable bonds is 7. The minimum Gasteiger partial charge on any atom is -0.506 e. The maximum absolute atomic E-state index is 12.5. The van der Waals surface area contributed by atoms with Crippen LogP contribution in [0.2, 0.25) is 0 Å². The predicted octanol–water partition coefficient (Wildman–Crippen LogP) is 6.16. The fourth-order valence-corrected chi connectivity index (χ4v) is 4.44. The molecule has 17 heteroatoms. The number of nitrogens with zero attached hydrogens (tertiary/aromatic N) is 6. The minimum atomic E-state index is -0.619. The quantitative estimate of drug-likeness (QED) is 0.0730. The molecule has 16 nitrogen and oxygen atoms in total. The Kier molecular flexibility index (Phi) is 10.9. The molecule has 1 heterocycles. The van der Waals surface area contributed by atoms with Crippen molar-refractivity contribution in [2.45, 2.75) is 6.92 Å². The number of nitro benzene ring substituents is 2. The molecule has 0 aliphatic carbocycles. The van der Waals surface area contributed by atoms with Gasteiger partial charge in [-0.2, -0.15) is 0 Å². The summed E-state index contributed by atoms with van der Waals surface area (Å²) in [7, 11) is 0. The van der Waals surface area contributed by atoms with E-state index in [1.54, 1.807) is 31.2 Å². The molecule has 5 aromatic carbocycles. The summed E-state index contributed by atoms with van der Waals surface area (Å²) in [6, 6.07) is 26.6. The third-order valence-corrected chi connectivity index (χ3v) is 6.85. The largest absolute Gasteiger partial charge is 0.506 e. The first-order chi connectivity index (χ1) is 23.0. The van der Waals surface area contributed by atoms with Crippen LogP contribution >= 0.6 is 0 Å². The molecule has 0 fully saturated rings. The molecule has 1 radical (unpaired) electrons. The van der Waals surface area contributed by atoms with Gasteiger partial charge < -0.3 is 15.3 Å². The summed E-state index contributed by atoms with van der Waals surface area (Å²) >= 11 is 0. The number of nitrogens with one attached hydrogen (secondary N) is 2. The Labute approximate surface area is 285 Å². The number of H-pyrrole nitrogens is 1. The third kappa shape index (κ3) is 7.99. The number of phenolic OH excluding ortho intramolecular Hbond substituents is 3. The molecule has 0 saturated heterocycles. The summed E-state index contributed by atoms with van der Waals surface area (Å²) in [5, 5.41) is 69.8. The van der Waals surface area contributed by atoms with E-state index in [2.05, 4.69) is 25.6 Å². The second kappa shape index (κ2) is 15.2. The summed E-state index contributed by atoms with van der Waals surface area (Å²) < 4.78 is 1.36. The summed E-state index contributed by atoms with van der Waals surface area (Å²) in [6.45, 7) is 1.70. The van der Waals surface area contributed by atoms with Gasteiger partial charge in [0, 0.05) is 39.4 Å². The van der Waals surface area contributed by atoms with Gasteiger partial charge in [0.15, 0.2) is 11.4 Å². The molecule has 0 spiro atoms. The molecule has 0 aliphatic rings. The average molecular weight is 709 g/mol. The van der Waals surface area contributed by atoms with Gasteiger partial charge in [0.05, 0.1) is 27.7 Å². The SMILES string of the molecule is Cc1[nH]n(-c2ccccc2)c(=O)c1[NH+]=Nc1ccc([N+](=O)[O-])cc1O.O=[N+]([O-])c1ccc(N=Nc2c(O)ccc3ccccc23)c(O)c1.[Co]. The summed E-state index contributed by atoms with van der Waals surface area (Å²) in [6.07, 6.45) is 0. The van der Waals surface area contributed by atoms with Gasteiger partial charge in [0.25, 0.3) is 11.4 Å². The van der Waals surface area contributed by atoms with Crippen molar-refractivity contribution in [3.05, 3.63) is 139 Å². The van der Waals surface area contributed by atoms with Crippen LogP contribution in [0.25, 0.3) is 16.5 Å². The van der Waals surface area contributed by atoms with E-state index >= 15 is 0 Å². The number of aromatic hydroxyl groups is 3. The molecular formula is C32H25CoN8O8+. The molecule has 0 atom stereocenters. The number of fused-ring (bicyclic) bond motifs is 1. The van der Waals surface area contributed by atoms with Crippen LogP contribution in [0.5, 0.6) is 17.2 Å². The van der Waals surface area contributed by atoms with Gasteiger partial charge in [-0.1, -0.05) is 53.6 Å². The van der Waals surface area contributed by atoms with E-state index in [9.17, 15) is 40.3 Å². The van der Waals surface area contributed by atoms with E-state index in [-0.39, 0.29) is 73.7 Å². The zero-order valence-electron chi connectivity index (χ0n) is 25.2. The van der Waals surface area contributed by atoms with Crippen molar-refractivity contribution in [1.82, 2.24) is 9.78 Å². The third-order valence-electron chi connectivity index (χ3n) is 6.85. The molecule has 5 N–H and O–H groups in total. The Morgan fingerprint density at radius 1 is 0.735 bits per heavy atom. The fraction of sp³-hybridized carbons (Fsp3) is 0.0312. The Balaban J connectivity index is 0.000000217. The number of aromatic nitrogens is 2. The maximum Gasteiger partial charge on any atom is 0.345 e. The van der Waals surface area contributed by atoms with Crippen molar-refractivity contribution in [1.29, 1.82) is 0 Å².